The molecule has 3 rings (SSSR count). The number of piperazine rings is 1. The number of likely N-dealkylation sites (N-methyl/N-ethyl adjacent to an activating group) is 1. The van der Waals surface area contributed by atoms with Crippen LogP contribution in [0.3, 0.4) is 0 Å². The van der Waals surface area contributed by atoms with Crippen LogP contribution in [0.15, 0.2) is 0 Å². The second-order valence-corrected chi connectivity index (χ2v) is 5.91. The largest absolute Gasteiger partial charge is 0.304 e. The molecule has 3 aliphatic rings. The number of nitrogens with zero attached hydrogens (tertiary/aromatic N) is 3. The maximum atomic E-state index is 3.80. The number of piperidine rings is 1. The van der Waals surface area contributed by atoms with Gasteiger partial charge in [-0.15, -0.1) is 0 Å². The summed E-state index contributed by atoms with van der Waals surface area (Å²) in [5, 5.41) is 2.46. The number of rotatable bonds is 2. The van der Waals surface area contributed by atoms with Crippen molar-refractivity contribution in [3.05, 3.63) is 0 Å². The van der Waals surface area contributed by atoms with Crippen LogP contribution in [0.2, 0.25) is 0 Å². The molecule has 0 aliphatic carbocycles. The highest BCUT2D eigenvalue weighted by Gasteiger charge is 2.36. The number of nitrogens with one attached hydrogen (secondary N) is 1. The highest BCUT2D eigenvalue weighted by molar-refractivity contribution is 4.93. The zero-order chi connectivity index (χ0) is 11.7. The SMILES string of the molecule is CN1CCN(NC2CCN3CCCCC23)CC1. The van der Waals surface area contributed by atoms with Crippen molar-refractivity contribution in [2.75, 3.05) is 46.3 Å². The first kappa shape index (κ1) is 11.9. The lowest BCUT2D eigenvalue weighted by Crippen LogP contribution is -2.56. The Balaban J connectivity index is 1.51. The van der Waals surface area contributed by atoms with Gasteiger partial charge < -0.3 is 4.90 Å². The normalized spacial score (nSPS) is 37.2. The standard InChI is InChI=1S/C13H26N4/c1-15-8-10-17(11-9-15)14-12-5-7-16-6-3-2-4-13(12)16/h12-14H,2-11H2,1H3. The smallest absolute Gasteiger partial charge is 0.0383 e. The van der Waals surface area contributed by atoms with Gasteiger partial charge in [0, 0.05) is 44.8 Å². The lowest BCUT2D eigenvalue weighted by Gasteiger charge is -2.38. The van der Waals surface area contributed by atoms with Gasteiger partial charge in [0.05, 0.1) is 0 Å². The third-order valence-electron chi connectivity index (χ3n) is 4.71. The Labute approximate surface area is 105 Å². The van der Waals surface area contributed by atoms with Gasteiger partial charge in [-0.05, 0) is 32.9 Å². The fraction of sp³-hybridized carbons (Fsp3) is 1.00. The minimum atomic E-state index is 0.721. The van der Waals surface area contributed by atoms with E-state index < -0.39 is 0 Å². The van der Waals surface area contributed by atoms with Crippen LogP contribution in [-0.2, 0) is 0 Å². The minimum absolute atomic E-state index is 0.721. The van der Waals surface area contributed by atoms with Gasteiger partial charge in [-0.3, -0.25) is 10.3 Å². The van der Waals surface area contributed by atoms with Crippen LogP contribution in [-0.4, -0.2) is 73.2 Å². The van der Waals surface area contributed by atoms with Crippen molar-refractivity contribution in [1.29, 1.82) is 0 Å². The molecule has 98 valence electrons. The van der Waals surface area contributed by atoms with Gasteiger partial charge in [-0.1, -0.05) is 6.42 Å². The van der Waals surface area contributed by atoms with Crippen molar-refractivity contribution in [3.8, 4) is 0 Å². The maximum absolute atomic E-state index is 3.80. The van der Waals surface area contributed by atoms with Crippen molar-refractivity contribution in [2.24, 2.45) is 0 Å². The molecule has 0 radical (unpaired) electrons. The quantitative estimate of drug-likeness (QED) is 0.750. The lowest BCUT2D eigenvalue weighted by atomic mass is 9.99. The van der Waals surface area contributed by atoms with Crippen LogP contribution in [0.4, 0.5) is 0 Å². The molecule has 0 aromatic heterocycles. The topological polar surface area (TPSA) is 21.8 Å². The number of fused-ring (bicyclic) bond motifs is 1. The summed E-state index contributed by atoms with van der Waals surface area (Å²) in [5.74, 6) is 0. The van der Waals surface area contributed by atoms with E-state index in [1.165, 1.54) is 65.0 Å². The molecular weight excluding hydrogens is 212 g/mol. The number of hydrogen-bond donors (Lipinski definition) is 1. The van der Waals surface area contributed by atoms with E-state index in [0.29, 0.717) is 0 Å². The molecule has 0 aromatic carbocycles. The Morgan fingerprint density at radius 1 is 0.882 bits per heavy atom. The van der Waals surface area contributed by atoms with Gasteiger partial charge in [0.15, 0.2) is 0 Å². The monoisotopic (exact) mass is 238 g/mol. The first-order chi connectivity index (χ1) is 8.33. The molecule has 0 aromatic rings. The second kappa shape index (κ2) is 5.22. The summed E-state index contributed by atoms with van der Waals surface area (Å²) in [4.78, 5) is 5.12. The number of hydrogen-bond acceptors (Lipinski definition) is 4. The zero-order valence-electron chi connectivity index (χ0n) is 11.1. The van der Waals surface area contributed by atoms with Crippen molar-refractivity contribution >= 4 is 0 Å². The van der Waals surface area contributed by atoms with Gasteiger partial charge in [0.2, 0.25) is 0 Å². The molecule has 4 heteroatoms. The molecule has 2 atom stereocenters. The van der Waals surface area contributed by atoms with E-state index in [-0.39, 0.29) is 0 Å². The van der Waals surface area contributed by atoms with Crippen LogP contribution in [0.25, 0.3) is 0 Å². The van der Waals surface area contributed by atoms with Crippen LogP contribution in [0.1, 0.15) is 25.7 Å². The van der Waals surface area contributed by atoms with Gasteiger partial charge in [-0.2, -0.15) is 0 Å². The Morgan fingerprint density at radius 2 is 1.71 bits per heavy atom. The zero-order valence-corrected chi connectivity index (χ0v) is 11.1. The molecule has 4 nitrogen and oxygen atoms in total. The summed E-state index contributed by atoms with van der Waals surface area (Å²) in [7, 11) is 2.22. The van der Waals surface area contributed by atoms with Crippen molar-refractivity contribution in [1.82, 2.24) is 20.2 Å². The maximum Gasteiger partial charge on any atom is 0.0383 e. The van der Waals surface area contributed by atoms with E-state index in [2.05, 4.69) is 27.3 Å². The molecule has 0 bridgehead atoms. The van der Waals surface area contributed by atoms with E-state index >= 15 is 0 Å². The van der Waals surface area contributed by atoms with E-state index in [1.807, 2.05) is 0 Å². The Hall–Kier alpha value is -0.160. The Kier molecular flexibility index (Phi) is 3.66. The van der Waals surface area contributed by atoms with Gasteiger partial charge >= 0.3 is 0 Å². The summed E-state index contributed by atoms with van der Waals surface area (Å²) < 4.78 is 0. The van der Waals surface area contributed by atoms with Crippen molar-refractivity contribution < 1.29 is 0 Å². The molecule has 2 unspecified atom stereocenters. The molecule has 0 amide bonds. The molecule has 3 aliphatic heterocycles. The molecule has 0 saturated carbocycles. The summed E-state index contributed by atoms with van der Waals surface area (Å²) >= 11 is 0. The molecule has 0 spiro atoms. The first-order valence-electron chi connectivity index (χ1n) is 7.26. The minimum Gasteiger partial charge on any atom is -0.304 e. The van der Waals surface area contributed by atoms with E-state index in [1.54, 1.807) is 0 Å². The third kappa shape index (κ3) is 2.65. The predicted octanol–water partition coefficient (Wildman–Crippen LogP) is 0.365. The molecule has 1 N–H and O–H groups in total. The molecule has 17 heavy (non-hydrogen) atoms. The Morgan fingerprint density at radius 3 is 2.53 bits per heavy atom. The highest BCUT2D eigenvalue weighted by atomic mass is 15.5. The second-order valence-electron chi connectivity index (χ2n) is 5.91. The predicted molar refractivity (Wildman–Crippen MR) is 69.8 cm³/mol. The summed E-state index contributed by atoms with van der Waals surface area (Å²) in [6.45, 7) is 7.42. The van der Waals surface area contributed by atoms with Gasteiger partial charge in [0.25, 0.3) is 0 Å². The first-order valence-corrected chi connectivity index (χ1v) is 7.26. The number of hydrazine groups is 1. The summed E-state index contributed by atoms with van der Waals surface area (Å²) in [5.41, 5.74) is 3.80. The molecule has 3 heterocycles. The van der Waals surface area contributed by atoms with E-state index in [4.69, 9.17) is 0 Å². The average molecular weight is 238 g/mol. The van der Waals surface area contributed by atoms with Crippen molar-refractivity contribution in [2.45, 2.75) is 37.8 Å². The fourth-order valence-electron chi connectivity index (χ4n) is 3.57. The van der Waals surface area contributed by atoms with E-state index in [0.717, 1.165) is 12.1 Å². The summed E-state index contributed by atoms with van der Waals surface area (Å²) in [6.07, 6.45) is 5.60. The van der Waals surface area contributed by atoms with Crippen LogP contribution < -0.4 is 5.43 Å². The average Bonchev–Trinajstić information content (AvgIpc) is 2.76. The summed E-state index contributed by atoms with van der Waals surface area (Å²) in [6, 6.07) is 1.54. The third-order valence-corrected chi connectivity index (χ3v) is 4.71. The van der Waals surface area contributed by atoms with Crippen LogP contribution in [0, 0.1) is 0 Å². The van der Waals surface area contributed by atoms with Crippen molar-refractivity contribution in [3.63, 3.8) is 0 Å². The Bertz CT molecular complexity index is 250. The highest BCUT2D eigenvalue weighted by Crippen LogP contribution is 2.27. The van der Waals surface area contributed by atoms with Crippen LogP contribution in [0.5, 0.6) is 0 Å². The van der Waals surface area contributed by atoms with E-state index in [9.17, 15) is 0 Å². The lowest BCUT2D eigenvalue weighted by molar-refractivity contribution is 0.0703. The van der Waals surface area contributed by atoms with Gasteiger partial charge in [0.1, 0.15) is 0 Å². The molecule has 3 saturated heterocycles. The molecule has 3 fully saturated rings. The molecular formula is C13H26N4. The van der Waals surface area contributed by atoms with Gasteiger partial charge in [-0.25, -0.2) is 5.01 Å². The fourth-order valence-corrected chi connectivity index (χ4v) is 3.57. The van der Waals surface area contributed by atoms with Crippen LogP contribution >= 0.6 is 0 Å².